The molecular formula is C28H27ClN2O5S. The maximum absolute atomic E-state index is 13.0. The van der Waals surface area contributed by atoms with Crippen LogP contribution in [0.4, 0.5) is 5.00 Å². The van der Waals surface area contributed by atoms with Crippen molar-refractivity contribution in [2.24, 2.45) is 0 Å². The highest BCUT2D eigenvalue weighted by Crippen LogP contribution is 2.37. The number of nitrogens with one attached hydrogen (secondary N) is 1. The molecule has 3 rings (SSSR count). The van der Waals surface area contributed by atoms with E-state index in [9.17, 15) is 14.9 Å². The molecule has 9 heteroatoms. The van der Waals surface area contributed by atoms with Gasteiger partial charge < -0.3 is 19.5 Å². The Morgan fingerprint density at radius 2 is 1.89 bits per heavy atom. The normalized spacial score (nSPS) is 10.9. The smallest absolute Gasteiger partial charge is 0.341 e. The van der Waals surface area contributed by atoms with E-state index in [1.54, 1.807) is 54.8 Å². The van der Waals surface area contributed by atoms with E-state index >= 15 is 0 Å². The van der Waals surface area contributed by atoms with Crippen LogP contribution >= 0.6 is 22.9 Å². The number of anilines is 1. The summed E-state index contributed by atoms with van der Waals surface area (Å²) in [5.74, 6) is -0.142. The topological polar surface area (TPSA) is 97.7 Å². The van der Waals surface area contributed by atoms with E-state index in [-0.39, 0.29) is 22.7 Å². The molecule has 1 N–H and O–H groups in total. The van der Waals surface area contributed by atoms with Crippen molar-refractivity contribution in [1.29, 1.82) is 5.26 Å². The summed E-state index contributed by atoms with van der Waals surface area (Å²) in [5, 5.41) is 15.0. The Labute approximate surface area is 225 Å². The maximum Gasteiger partial charge on any atom is 0.341 e. The van der Waals surface area contributed by atoms with Gasteiger partial charge in [0.15, 0.2) is 11.5 Å². The number of hydrogen-bond acceptors (Lipinski definition) is 7. The van der Waals surface area contributed by atoms with E-state index in [2.05, 4.69) is 12.2 Å². The lowest BCUT2D eigenvalue weighted by atomic mass is 10.0. The van der Waals surface area contributed by atoms with Gasteiger partial charge in [-0.15, -0.1) is 11.3 Å². The average molecular weight is 539 g/mol. The standard InChI is InChI=1S/C28H27ClN2O5S/c1-4-6-13-36-23-12-7-18(15-24(23)34-3)14-20(16-30)26(32)31-27-25(28(33)35-5-2)22(17-37-27)19-8-10-21(29)11-9-19/h7-12,14-15,17H,4-6,13H2,1-3H3,(H,31,32)/b20-14+. The highest BCUT2D eigenvalue weighted by atomic mass is 35.5. The fourth-order valence-electron chi connectivity index (χ4n) is 3.40. The minimum Gasteiger partial charge on any atom is -0.493 e. The molecular weight excluding hydrogens is 512 g/mol. The van der Waals surface area contributed by atoms with E-state index in [4.69, 9.17) is 25.8 Å². The molecule has 2 aromatic carbocycles. The van der Waals surface area contributed by atoms with Gasteiger partial charge in [-0.1, -0.05) is 43.1 Å². The molecule has 3 aromatic rings. The fraction of sp³-hybridized carbons (Fsp3) is 0.250. The second kappa shape index (κ2) is 13.5. The minimum atomic E-state index is -0.653. The molecule has 192 valence electrons. The van der Waals surface area contributed by atoms with Crippen molar-refractivity contribution in [3.8, 4) is 28.7 Å². The third-order valence-electron chi connectivity index (χ3n) is 5.27. The zero-order valence-corrected chi connectivity index (χ0v) is 22.4. The number of amides is 1. The van der Waals surface area contributed by atoms with Crippen LogP contribution in [-0.2, 0) is 9.53 Å². The van der Waals surface area contributed by atoms with Gasteiger partial charge in [-0.05, 0) is 54.8 Å². The zero-order chi connectivity index (χ0) is 26.8. The van der Waals surface area contributed by atoms with E-state index < -0.39 is 11.9 Å². The Hall–Kier alpha value is -3.80. The number of esters is 1. The monoisotopic (exact) mass is 538 g/mol. The van der Waals surface area contributed by atoms with Gasteiger partial charge in [0.05, 0.1) is 20.3 Å². The van der Waals surface area contributed by atoms with E-state index in [1.807, 2.05) is 6.07 Å². The number of thiophene rings is 1. The van der Waals surface area contributed by atoms with Gasteiger partial charge in [-0.3, -0.25) is 4.79 Å². The summed E-state index contributed by atoms with van der Waals surface area (Å²) >= 11 is 7.17. The number of carbonyl (C=O) groups excluding carboxylic acids is 2. The lowest BCUT2D eigenvalue weighted by Crippen LogP contribution is -2.16. The molecule has 0 aliphatic heterocycles. The van der Waals surface area contributed by atoms with Crippen LogP contribution in [-0.4, -0.2) is 32.2 Å². The molecule has 0 fully saturated rings. The Kier molecular flexibility index (Phi) is 10.1. The van der Waals surface area contributed by atoms with E-state index in [0.717, 1.165) is 18.4 Å². The van der Waals surface area contributed by atoms with Crippen LogP contribution in [0.5, 0.6) is 11.5 Å². The molecule has 0 unspecified atom stereocenters. The van der Waals surface area contributed by atoms with Crippen molar-refractivity contribution in [1.82, 2.24) is 0 Å². The maximum atomic E-state index is 13.0. The molecule has 0 saturated heterocycles. The molecule has 1 amide bonds. The second-order valence-electron chi connectivity index (χ2n) is 7.82. The fourth-order valence-corrected chi connectivity index (χ4v) is 4.48. The first-order chi connectivity index (χ1) is 17.9. The van der Waals surface area contributed by atoms with Crippen molar-refractivity contribution in [2.45, 2.75) is 26.7 Å². The summed E-state index contributed by atoms with van der Waals surface area (Å²) < 4.78 is 16.4. The van der Waals surface area contributed by atoms with Gasteiger partial charge in [-0.25, -0.2) is 4.79 Å². The van der Waals surface area contributed by atoms with Gasteiger partial charge in [0.25, 0.3) is 5.91 Å². The Bertz CT molecular complexity index is 1330. The Morgan fingerprint density at radius 3 is 2.54 bits per heavy atom. The molecule has 0 aliphatic rings. The van der Waals surface area contributed by atoms with Gasteiger partial charge in [0.1, 0.15) is 22.2 Å². The Balaban J connectivity index is 1.89. The van der Waals surface area contributed by atoms with Crippen LogP contribution in [0.15, 0.2) is 53.4 Å². The molecule has 0 atom stereocenters. The highest BCUT2D eigenvalue weighted by Gasteiger charge is 2.24. The summed E-state index contributed by atoms with van der Waals surface area (Å²) in [5.41, 5.74) is 2.01. The number of benzene rings is 2. The van der Waals surface area contributed by atoms with E-state index in [0.29, 0.717) is 34.3 Å². The predicted octanol–water partition coefficient (Wildman–Crippen LogP) is 6.98. The summed E-state index contributed by atoms with van der Waals surface area (Å²) in [4.78, 5) is 25.8. The first-order valence-corrected chi connectivity index (χ1v) is 13.0. The van der Waals surface area contributed by atoms with Crippen molar-refractivity contribution in [2.75, 3.05) is 25.6 Å². The number of ether oxygens (including phenoxy) is 3. The summed E-state index contributed by atoms with van der Waals surface area (Å²) in [6.07, 6.45) is 3.37. The van der Waals surface area contributed by atoms with Crippen molar-refractivity contribution in [3.05, 3.63) is 69.6 Å². The van der Waals surface area contributed by atoms with E-state index in [1.165, 1.54) is 24.5 Å². The number of nitriles is 1. The number of carbonyl (C=O) groups is 2. The largest absolute Gasteiger partial charge is 0.493 e. The van der Waals surface area contributed by atoms with Crippen molar-refractivity contribution >= 4 is 45.9 Å². The van der Waals surface area contributed by atoms with Crippen molar-refractivity contribution < 1.29 is 23.8 Å². The molecule has 0 bridgehead atoms. The highest BCUT2D eigenvalue weighted by molar-refractivity contribution is 7.15. The predicted molar refractivity (Wildman–Crippen MR) is 146 cm³/mol. The third-order valence-corrected chi connectivity index (χ3v) is 6.42. The van der Waals surface area contributed by atoms with Gasteiger partial charge in [0, 0.05) is 16.0 Å². The molecule has 7 nitrogen and oxygen atoms in total. The molecule has 0 aliphatic carbocycles. The number of rotatable bonds is 11. The minimum absolute atomic E-state index is 0.141. The molecule has 1 aromatic heterocycles. The number of hydrogen-bond donors (Lipinski definition) is 1. The van der Waals surface area contributed by atoms with Crippen molar-refractivity contribution in [3.63, 3.8) is 0 Å². The number of nitrogens with zero attached hydrogens (tertiary/aromatic N) is 1. The van der Waals surface area contributed by atoms with Gasteiger partial charge >= 0.3 is 5.97 Å². The van der Waals surface area contributed by atoms with Gasteiger partial charge in [-0.2, -0.15) is 5.26 Å². The van der Waals surface area contributed by atoms with Gasteiger partial charge in [0.2, 0.25) is 0 Å². The lowest BCUT2D eigenvalue weighted by molar-refractivity contribution is -0.112. The third kappa shape index (κ3) is 7.13. The van der Waals surface area contributed by atoms with Crippen LogP contribution in [0.3, 0.4) is 0 Å². The van der Waals surface area contributed by atoms with Crippen LogP contribution in [0, 0.1) is 11.3 Å². The summed E-state index contributed by atoms with van der Waals surface area (Å²) in [7, 11) is 1.53. The van der Waals surface area contributed by atoms with Crippen LogP contribution in [0.1, 0.15) is 42.6 Å². The SMILES string of the molecule is CCCCOc1ccc(/C=C(\C#N)C(=O)Nc2scc(-c3ccc(Cl)cc3)c2C(=O)OCC)cc1OC. The van der Waals surface area contributed by atoms with Crippen LogP contribution in [0.25, 0.3) is 17.2 Å². The quantitative estimate of drug-likeness (QED) is 0.122. The second-order valence-corrected chi connectivity index (χ2v) is 9.13. The molecule has 0 saturated carbocycles. The number of methoxy groups -OCH3 is 1. The molecule has 1 heterocycles. The molecule has 0 radical (unpaired) electrons. The Morgan fingerprint density at radius 1 is 1.14 bits per heavy atom. The number of halogens is 1. The number of unbranched alkanes of at least 4 members (excludes halogenated alkanes) is 1. The molecule has 37 heavy (non-hydrogen) atoms. The zero-order valence-electron chi connectivity index (χ0n) is 20.8. The van der Waals surface area contributed by atoms with Crippen LogP contribution < -0.4 is 14.8 Å². The average Bonchev–Trinajstić information content (AvgIpc) is 3.31. The first kappa shape index (κ1) is 27.8. The lowest BCUT2D eigenvalue weighted by Gasteiger charge is -2.11. The van der Waals surface area contributed by atoms with Crippen LogP contribution in [0.2, 0.25) is 5.02 Å². The molecule has 0 spiro atoms. The first-order valence-electron chi connectivity index (χ1n) is 11.7. The summed E-state index contributed by atoms with van der Waals surface area (Å²) in [6, 6.07) is 14.1. The summed E-state index contributed by atoms with van der Waals surface area (Å²) in [6.45, 7) is 4.52.